The van der Waals surface area contributed by atoms with E-state index in [1.165, 1.54) is 22.4 Å². The topological polar surface area (TPSA) is 12.4 Å². The zero-order valence-corrected chi connectivity index (χ0v) is 7.59. The Morgan fingerprint density at radius 1 is 1.42 bits per heavy atom. The molecule has 0 aromatic heterocycles. The van der Waals surface area contributed by atoms with Crippen LogP contribution in [0.4, 0.5) is 0 Å². The fourth-order valence-corrected chi connectivity index (χ4v) is 1.70. The zero-order valence-electron chi connectivity index (χ0n) is 7.59. The lowest BCUT2D eigenvalue weighted by Gasteiger charge is -2.01. The molecule has 0 unspecified atom stereocenters. The van der Waals surface area contributed by atoms with Gasteiger partial charge in [-0.25, -0.2) is 0 Å². The van der Waals surface area contributed by atoms with Crippen molar-refractivity contribution in [1.29, 1.82) is 0 Å². The molecular weight excluding hydrogens is 146 g/mol. The Morgan fingerprint density at radius 3 is 3.00 bits per heavy atom. The summed E-state index contributed by atoms with van der Waals surface area (Å²) in [6.45, 7) is 5.18. The van der Waals surface area contributed by atoms with E-state index in [9.17, 15) is 0 Å². The molecule has 1 aliphatic heterocycles. The summed E-state index contributed by atoms with van der Waals surface area (Å²) in [6, 6.07) is 6.59. The van der Waals surface area contributed by atoms with Gasteiger partial charge in [-0.2, -0.15) is 0 Å². The first kappa shape index (κ1) is 7.53. The van der Waals surface area contributed by atoms with Crippen LogP contribution in [0.1, 0.15) is 30.0 Å². The van der Waals surface area contributed by atoms with Crippen LogP contribution in [0, 0.1) is 6.92 Å². The zero-order chi connectivity index (χ0) is 8.55. The summed E-state index contributed by atoms with van der Waals surface area (Å²) in [5.41, 5.74) is 5.36. The quantitative estimate of drug-likeness (QED) is 0.597. The van der Waals surface area contributed by atoms with Crippen molar-refractivity contribution < 1.29 is 0 Å². The molecule has 1 heteroatoms. The second-order valence-electron chi connectivity index (χ2n) is 3.28. The second-order valence-corrected chi connectivity index (χ2v) is 3.28. The van der Waals surface area contributed by atoms with Crippen molar-refractivity contribution in [2.45, 2.75) is 26.8 Å². The van der Waals surface area contributed by atoms with Crippen molar-refractivity contribution in [2.24, 2.45) is 4.99 Å². The smallest absolute Gasteiger partial charge is 0.0649 e. The summed E-state index contributed by atoms with van der Waals surface area (Å²) in [5.74, 6) is 0. The van der Waals surface area contributed by atoms with Gasteiger partial charge in [-0.1, -0.05) is 30.7 Å². The standard InChI is InChI=1S/C11H13N/c1-3-11-10-5-4-8(2)6-9(10)7-12-11/h4-6H,3,7H2,1-2H3. The van der Waals surface area contributed by atoms with Crippen LogP contribution in [0.2, 0.25) is 0 Å². The van der Waals surface area contributed by atoms with Gasteiger partial charge >= 0.3 is 0 Å². The average Bonchev–Trinajstić information content (AvgIpc) is 2.46. The first-order chi connectivity index (χ1) is 5.81. The Hall–Kier alpha value is -1.11. The molecule has 0 amide bonds. The highest BCUT2D eigenvalue weighted by Crippen LogP contribution is 2.21. The van der Waals surface area contributed by atoms with E-state index in [1.807, 2.05) is 0 Å². The number of hydrogen-bond acceptors (Lipinski definition) is 1. The molecule has 1 heterocycles. The summed E-state index contributed by atoms with van der Waals surface area (Å²) >= 11 is 0. The van der Waals surface area contributed by atoms with E-state index in [1.54, 1.807) is 0 Å². The van der Waals surface area contributed by atoms with Crippen molar-refractivity contribution in [3.63, 3.8) is 0 Å². The third kappa shape index (κ3) is 1.06. The highest BCUT2D eigenvalue weighted by Gasteiger charge is 2.12. The van der Waals surface area contributed by atoms with E-state index < -0.39 is 0 Å². The van der Waals surface area contributed by atoms with E-state index in [2.05, 4.69) is 37.0 Å². The van der Waals surface area contributed by atoms with Crippen LogP contribution in [-0.2, 0) is 6.54 Å². The molecule has 0 N–H and O–H groups in total. The minimum absolute atomic E-state index is 0.889. The van der Waals surface area contributed by atoms with Gasteiger partial charge in [0.2, 0.25) is 0 Å². The summed E-state index contributed by atoms with van der Waals surface area (Å²) in [7, 11) is 0. The van der Waals surface area contributed by atoms with Crippen molar-refractivity contribution >= 4 is 5.71 Å². The van der Waals surface area contributed by atoms with Crippen LogP contribution in [0.25, 0.3) is 0 Å². The normalized spacial score (nSPS) is 14.3. The Kier molecular flexibility index (Phi) is 1.72. The fraction of sp³-hybridized carbons (Fsp3) is 0.364. The number of fused-ring (bicyclic) bond motifs is 1. The van der Waals surface area contributed by atoms with Crippen molar-refractivity contribution in [1.82, 2.24) is 0 Å². The van der Waals surface area contributed by atoms with E-state index in [0.29, 0.717) is 0 Å². The molecule has 0 saturated heterocycles. The van der Waals surface area contributed by atoms with Gasteiger partial charge in [0.15, 0.2) is 0 Å². The molecule has 2 rings (SSSR count). The largest absolute Gasteiger partial charge is 0.284 e. The predicted molar refractivity (Wildman–Crippen MR) is 51.7 cm³/mol. The summed E-state index contributed by atoms with van der Waals surface area (Å²) in [5, 5.41) is 0. The summed E-state index contributed by atoms with van der Waals surface area (Å²) in [6.07, 6.45) is 1.05. The molecule has 0 saturated carbocycles. The number of rotatable bonds is 1. The molecule has 1 aromatic carbocycles. The number of benzene rings is 1. The van der Waals surface area contributed by atoms with E-state index >= 15 is 0 Å². The maximum atomic E-state index is 4.48. The fourth-order valence-electron chi connectivity index (χ4n) is 1.70. The third-order valence-corrected chi connectivity index (χ3v) is 2.35. The molecule has 0 radical (unpaired) electrons. The highest BCUT2D eigenvalue weighted by molar-refractivity contribution is 6.03. The van der Waals surface area contributed by atoms with Gasteiger partial charge in [0, 0.05) is 11.3 Å². The number of nitrogens with zero attached hydrogens (tertiary/aromatic N) is 1. The maximum Gasteiger partial charge on any atom is 0.0649 e. The molecule has 0 aliphatic carbocycles. The van der Waals surface area contributed by atoms with Gasteiger partial charge in [0.25, 0.3) is 0 Å². The SMILES string of the molecule is CCC1=NCc2cc(C)ccc21. The Morgan fingerprint density at radius 2 is 2.25 bits per heavy atom. The molecule has 1 nitrogen and oxygen atoms in total. The van der Waals surface area contributed by atoms with Crippen LogP contribution in [0.5, 0.6) is 0 Å². The first-order valence-corrected chi connectivity index (χ1v) is 4.44. The summed E-state index contributed by atoms with van der Waals surface area (Å²) < 4.78 is 0. The van der Waals surface area contributed by atoms with Crippen molar-refractivity contribution in [2.75, 3.05) is 0 Å². The Labute approximate surface area is 73.1 Å². The molecule has 1 aliphatic rings. The van der Waals surface area contributed by atoms with Crippen LogP contribution < -0.4 is 0 Å². The first-order valence-electron chi connectivity index (χ1n) is 4.44. The Bertz CT molecular complexity index is 337. The van der Waals surface area contributed by atoms with Crippen LogP contribution in [-0.4, -0.2) is 5.71 Å². The van der Waals surface area contributed by atoms with Crippen molar-refractivity contribution in [3.8, 4) is 0 Å². The van der Waals surface area contributed by atoms with Crippen LogP contribution in [0.3, 0.4) is 0 Å². The molecule has 0 atom stereocenters. The van der Waals surface area contributed by atoms with Gasteiger partial charge in [-0.3, -0.25) is 4.99 Å². The average molecular weight is 159 g/mol. The molecule has 1 aromatic rings. The highest BCUT2D eigenvalue weighted by atomic mass is 14.8. The van der Waals surface area contributed by atoms with E-state index in [4.69, 9.17) is 0 Å². The maximum absolute atomic E-state index is 4.48. The van der Waals surface area contributed by atoms with Gasteiger partial charge in [-0.05, 0) is 18.9 Å². The monoisotopic (exact) mass is 159 g/mol. The number of aliphatic imine (C=N–C) groups is 1. The molecular formula is C11H13N. The van der Waals surface area contributed by atoms with Crippen molar-refractivity contribution in [3.05, 3.63) is 34.9 Å². The van der Waals surface area contributed by atoms with Gasteiger partial charge < -0.3 is 0 Å². The number of aryl methyl sites for hydroxylation is 1. The Balaban J connectivity index is 2.47. The predicted octanol–water partition coefficient (Wildman–Crippen LogP) is 2.71. The van der Waals surface area contributed by atoms with Crippen LogP contribution in [0.15, 0.2) is 23.2 Å². The number of hydrogen-bond donors (Lipinski definition) is 0. The van der Waals surface area contributed by atoms with Gasteiger partial charge in [0.1, 0.15) is 0 Å². The minimum Gasteiger partial charge on any atom is -0.284 e. The van der Waals surface area contributed by atoms with E-state index in [0.717, 1.165) is 13.0 Å². The van der Waals surface area contributed by atoms with Crippen LogP contribution >= 0.6 is 0 Å². The third-order valence-electron chi connectivity index (χ3n) is 2.35. The lowest BCUT2D eigenvalue weighted by Crippen LogP contribution is -1.95. The molecule has 0 bridgehead atoms. The molecule has 0 fully saturated rings. The molecule has 0 spiro atoms. The van der Waals surface area contributed by atoms with Gasteiger partial charge in [-0.15, -0.1) is 0 Å². The minimum atomic E-state index is 0.889. The second kappa shape index (κ2) is 2.74. The lowest BCUT2D eigenvalue weighted by molar-refractivity contribution is 1.09. The molecule has 62 valence electrons. The lowest BCUT2D eigenvalue weighted by atomic mass is 10.0. The van der Waals surface area contributed by atoms with Gasteiger partial charge in [0.05, 0.1) is 6.54 Å². The molecule has 12 heavy (non-hydrogen) atoms. The van der Waals surface area contributed by atoms with E-state index in [-0.39, 0.29) is 0 Å². The summed E-state index contributed by atoms with van der Waals surface area (Å²) in [4.78, 5) is 4.48.